The molecule has 0 aliphatic rings. The highest BCUT2D eigenvalue weighted by Gasteiger charge is 2.46. The number of carbonyl (C=O) groups excluding carboxylic acids is 1. The summed E-state index contributed by atoms with van der Waals surface area (Å²) in [6, 6.07) is 0. The van der Waals surface area contributed by atoms with Gasteiger partial charge in [0.1, 0.15) is 0 Å². The molecular formula is C18H37NO. The zero-order valence-corrected chi connectivity index (χ0v) is 15.2. The Labute approximate surface area is 127 Å². The zero-order valence-electron chi connectivity index (χ0n) is 15.2. The molecule has 0 aromatic carbocycles. The summed E-state index contributed by atoms with van der Waals surface area (Å²) in [6.45, 7) is 18.3. The third kappa shape index (κ3) is 6.28. The number of amides is 1. The molecule has 0 aromatic heterocycles. The Bertz CT molecular complexity index is 296. The minimum Gasteiger partial charge on any atom is -0.356 e. The SMILES string of the molecule is CCCCCCNC(=O)C(C)(CC(C)(C)C)C(C)(C)C. The Morgan fingerprint density at radius 3 is 1.85 bits per heavy atom. The van der Waals surface area contributed by atoms with E-state index in [1.165, 1.54) is 19.3 Å². The minimum atomic E-state index is -0.323. The number of unbranched alkanes of at least 4 members (excludes halogenated alkanes) is 3. The molecule has 2 nitrogen and oxygen atoms in total. The number of hydrogen-bond donors (Lipinski definition) is 1. The molecule has 0 fully saturated rings. The third-order valence-electron chi connectivity index (χ3n) is 4.36. The van der Waals surface area contributed by atoms with Crippen LogP contribution in [0.5, 0.6) is 0 Å². The maximum atomic E-state index is 12.7. The molecule has 0 aromatic rings. The average Bonchev–Trinajstić information content (AvgIpc) is 2.24. The number of nitrogens with one attached hydrogen (secondary N) is 1. The molecule has 1 unspecified atom stereocenters. The quantitative estimate of drug-likeness (QED) is 0.641. The Hall–Kier alpha value is -0.530. The van der Waals surface area contributed by atoms with Crippen LogP contribution in [-0.4, -0.2) is 12.5 Å². The van der Waals surface area contributed by atoms with Gasteiger partial charge in [-0.15, -0.1) is 0 Å². The van der Waals surface area contributed by atoms with Gasteiger partial charge in [-0.25, -0.2) is 0 Å². The molecular weight excluding hydrogens is 246 g/mol. The molecule has 0 radical (unpaired) electrons. The highest BCUT2D eigenvalue weighted by Crippen LogP contribution is 2.46. The van der Waals surface area contributed by atoms with E-state index in [9.17, 15) is 4.79 Å². The van der Waals surface area contributed by atoms with Crippen LogP contribution >= 0.6 is 0 Å². The standard InChI is InChI=1S/C18H37NO/c1-9-10-11-12-13-19-15(20)18(8,17(5,6)7)14-16(2,3)4/h9-14H2,1-8H3,(H,19,20). The van der Waals surface area contributed by atoms with Crippen molar-refractivity contribution < 1.29 is 4.79 Å². The summed E-state index contributed by atoms with van der Waals surface area (Å²) < 4.78 is 0. The lowest BCUT2D eigenvalue weighted by Crippen LogP contribution is -2.49. The molecule has 0 spiro atoms. The number of hydrogen-bond acceptors (Lipinski definition) is 1. The lowest BCUT2D eigenvalue weighted by atomic mass is 9.61. The summed E-state index contributed by atoms with van der Waals surface area (Å²) >= 11 is 0. The van der Waals surface area contributed by atoms with Gasteiger partial charge in [0.15, 0.2) is 0 Å². The summed E-state index contributed by atoms with van der Waals surface area (Å²) in [4.78, 5) is 12.7. The predicted molar refractivity (Wildman–Crippen MR) is 88.8 cm³/mol. The van der Waals surface area contributed by atoms with Crippen molar-refractivity contribution in [3.8, 4) is 0 Å². The van der Waals surface area contributed by atoms with Crippen LogP contribution in [0.2, 0.25) is 0 Å². The maximum absolute atomic E-state index is 12.7. The van der Waals surface area contributed by atoms with Crippen LogP contribution in [0.4, 0.5) is 0 Å². The van der Waals surface area contributed by atoms with E-state index in [1.807, 2.05) is 0 Å². The van der Waals surface area contributed by atoms with Crippen LogP contribution in [0.1, 0.15) is 87.5 Å². The van der Waals surface area contributed by atoms with Gasteiger partial charge in [-0.3, -0.25) is 4.79 Å². The van der Waals surface area contributed by atoms with Crippen LogP contribution in [0, 0.1) is 16.2 Å². The molecule has 1 amide bonds. The van der Waals surface area contributed by atoms with E-state index in [0.29, 0.717) is 0 Å². The van der Waals surface area contributed by atoms with Gasteiger partial charge < -0.3 is 5.32 Å². The fraction of sp³-hybridized carbons (Fsp3) is 0.944. The van der Waals surface area contributed by atoms with E-state index in [4.69, 9.17) is 0 Å². The van der Waals surface area contributed by atoms with Crippen molar-refractivity contribution in [1.29, 1.82) is 0 Å². The van der Waals surface area contributed by atoms with Crippen molar-refractivity contribution in [2.24, 2.45) is 16.2 Å². The lowest BCUT2D eigenvalue weighted by Gasteiger charge is -2.44. The largest absolute Gasteiger partial charge is 0.356 e. The third-order valence-corrected chi connectivity index (χ3v) is 4.36. The van der Waals surface area contributed by atoms with Crippen molar-refractivity contribution >= 4 is 5.91 Å². The Balaban J connectivity index is 4.68. The second-order valence-electron chi connectivity index (χ2n) is 8.64. The van der Waals surface area contributed by atoms with E-state index in [2.05, 4.69) is 60.7 Å². The van der Waals surface area contributed by atoms with E-state index >= 15 is 0 Å². The first-order valence-corrected chi connectivity index (χ1v) is 8.22. The van der Waals surface area contributed by atoms with Crippen LogP contribution in [0.3, 0.4) is 0 Å². The lowest BCUT2D eigenvalue weighted by molar-refractivity contribution is -0.138. The first kappa shape index (κ1) is 19.5. The Morgan fingerprint density at radius 2 is 1.45 bits per heavy atom. The van der Waals surface area contributed by atoms with Crippen molar-refractivity contribution in [3.05, 3.63) is 0 Å². The Morgan fingerprint density at radius 1 is 0.900 bits per heavy atom. The van der Waals surface area contributed by atoms with Crippen LogP contribution in [-0.2, 0) is 4.79 Å². The molecule has 120 valence electrons. The molecule has 0 saturated heterocycles. The topological polar surface area (TPSA) is 29.1 Å². The van der Waals surface area contributed by atoms with Crippen molar-refractivity contribution in [1.82, 2.24) is 5.32 Å². The fourth-order valence-corrected chi connectivity index (χ4v) is 2.70. The smallest absolute Gasteiger partial charge is 0.226 e. The van der Waals surface area contributed by atoms with Crippen molar-refractivity contribution in [2.45, 2.75) is 87.5 Å². The molecule has 0 rings (SSSR count). The highest BCUT2D eigenvalue weighted by atomic mass is 16.2. The zero-order chi connectivity index (χ0) is 16.0. The van der Waals surface area contributed by atoms with E-state index < -0.39 is 0 Å². The van der Waals surface area contributed by atoms with E-state index in [0.717, 1.165) is 19.4 Å². The Kier molecular flexibility index (Phi) is 7.27. The molecule has 0 aliphatic carbocycles. The normalized spacial score (nSPS) is 15.8. The predicted octanol–water partition coefficient (Wildman–Crippen LogP) is 5.17. The molecule has 0 saturated carbocycles. The van der Waals surface area contributed by atoms with E-state index in [1.54, 1.807) is 0 Å². The van der Waals surface area contributed by atoms with Gasteiger partial charge in [0.25, 0.3) is 0 Å². The summed E-state index contributed by atoms with van der Waals surface area (Å²) in [5.74, 6) is 0.219. The van der Waals surface area contributed by atoms with Gasteiger partial charge in [-0.2, -0.15) is 0 Å². The van der Waals surface area contributed by atoms with E-state index in [-0.39, 0.29) is 22.2 Å². The first-order valence-electron chi connectivity index (χ1n) is 8.22. The molecule has 2 heteroatoms. The highest BCUT2D eigenvalue weighted by molar-refractivity contribution is 5.83. The van der Waals surface area contributed by atoms with Crippen LogP contribution in [0.25, 0.3) is 0 Å². The summed E-state index contributed by atoms with van der Waals surface area (Å²) in [7, 11) is 0. The minimum absolute atomic E-state index is 0.0339. The molecule has 20 heavy (non-hydrogen) atoms. The number of carbonyl (C=O) groups is 1. The van der Waals surface area contributed by atoms with Gasteiger partial charge in [-0.05, 0) is 23.7 Å². The van der Waals surface area contributed by atoms with Gasteiger partial charge in [0.2, 0.25) is 5.91 Å². The van der Waals surface area contributed by atoms with Gasteiger partial charge in [0.05, 0.1) is 5.41 Å². The number of rotatable bonds is 7. The molecule has 0 bridgehead atoms. The molecule has 0 aliphatic heterocycles. The fourth-order valence-electron chi connectivity index (χ4n) is 2.70. The first-order chi connectivity index (χ1) is 8.94. The average molecular weight is 284 g/mol. The summed E-state index contributed by atoms with van der Waals surface area (Å²) in [5.41, 5.74) is -0.203. The summed E-state index contributed by atoms with van der Waals surface area (Å²) in [5, 5.41) is 3.17. The van der Waals surface area contributed by atoms with Gasteiger partial charge in [0, 0.05) is 6.54 Å². The molecule has 1 N–H and O–H groups in total. The summed E-state index contributed by atoms with van der Waals surface area (Å²) in [6.07, 6.45) is 5.70. The molecule has 1 atom stereocenters. The maximum Gasteiger partial charge on any atom is 0.226 e. The monoisotopic (exact) mass is 283 g/mol. The van der Waals surface area contributed by atoms with Crippen molar-refractivity contribution in [3.63, 3.8) is 0 Å². The van der Waals surface area contributed by atoms with Crippen molar-refractivity contribution in [2.75, 3.05) is 6.54 Å². The molecule has 0 heterocycles. The van der Waals surface area contributed by atoms with Gasteiger partial charge in [-0.1, -0.05) is 74.7 Å². The van der Waals surface area contributed by atoms with Crippen LogP contribution < -0.4 is 5.32 Å². The second-order valence-corrected chi connectivity index (χ2v) is 8.64. The van der Waals surface area contributed by atoms with Gasteiger partial charge >= 0.3 is 0 Å². The second kappa shape index (κ2) is 7.47. The van der Waals surface area contributed by atoms with Crippen LogP contribution in [0.15, 0.2) is 0 Å².